The number of benzene rings is 2. The topological polar surface area (TPSA) is 74.6 Å². The van der Waals surface area contributed by atoms with Crippen LogP contribution in [0.1, 0.15) is 31.8 Å². The molecule has 2 N–H and O–H groups in total. The Morgan fingerprint density at radius 3 is 1.89 bits per heavy atom. The highest BCUT2D eigenvalue weighted by Gasteiger charge is 2.34. The number of carbonyl (C=O) groups excluding carboxylic acids is 2. The highest BCUT2D eigenvalue weighted by molar-refractivity contribution is 9.10. The van der Waals surface area contributed by atoms with Gasteiger partial charge in [-0.3, -0.25) is 9.59 Å². The molecule has 0 aromatic heterocycles. The van der Waals surface area contributed by atoms with Crippen molar-refractivity contribution in [2.75, 3.05) is 0 Å². The zero-order chi connectivity index (χ0) is 13.7. The van der Waals surface area contributed by atoms with Gasteiger partial charge in [-0.15, -0.1) is 0 Å². The number of phenols is 2. The first-order valence-corrected chi connectivity index (χ1v) is 6.24. The van der Waals surface area contributed by atoms with Crippen molar-refractivity contribution >= 4 is 27.5 Å². The molecule has 0 saturated heterocycles. The summed E-state index contributed by atoms with van der Waals surface area (Å²) in [4.78, 5) is 24.6. The van der Waals surface area contributed by atoms with E-state index in [9.17, 15) is 19.8 Å². The summed E-state index contributed by atoms with van der Waals surface area (Å²) >= 11 is 3.24. The number of hydrogen-bond donors (Lipinski definition) is 2. The average molecular weight is 319 g/mol. The van der Waals surface area contributed by atoms with Crippen LogP contribution in [-0.2, 0) is 0 Å². The molecule has 0 saturated carbocycles. The summed E-state index contributed by atoms with van der Waals surface area (Å²) in [6, 6.07) is 7.09. The number of phenolic OH excluding ortho intramolecular Hbond substituents is 2. The highest BCUT2D eigenvalue weighted by Crippen LogP contribution is 2.38. The second-order valence-corrected chi connectivity index (χ2v) is 5.12. The minimum absolute atomic E-state index is 0.139. The van der Waals surface area contributed by atoms with Crippen molar-refractivity contribution in [1.29, 1.82) is 0 Å². The summed E-state index contributed by atoms with van der Waals surface area (Å²) in [7, 11) is 0. The highest BCUT2D eigenvalue weighted by atomic mass is 79.9. The fourth-order valence-corrected chi connectivity index (χ4v) is 2.57. The molecule has 2 aromatic carbocycles. The quantitative estimate of drug-likeness (QED) is 0.625. The van der Waals surface area contributed by atoms with Crippen LogP contribution in [0.25, 0.3) is 0 Å². The number of hydrogen-bond acceptors (Lipinski definition) is 4. The van der Waals surface area contributed by atoms with Crippen molar-refractivity contribution in [3.8, 4) is 11.5 Å². The van der Waals surface area contributed by atoms with Gasteiger partial charge < -0.3 is 10.2 Å². The minimum Gasteiger partial charge on any atom is -0.507 e. The fraction of sp³-hybridized carbons (Fsp3) is 0. The van der Waals surface area contributed by atoms with Gasteiger partial charge in [-0.2, -0.15) is 0 Å². The third kappa shape index (κ3) is 1.58. The Balaban J connectivity index is 2.39. The molecule has 2 aromatic rings. The predicted octanol–water partition coefficient (Wildman–Crippen LogP) is 2.64. The van der Waals surface area contributed by atoms with Crippen molar-refractivity contribution in [1.82, 2.24) is 0 Å². The predicted molar refractivity (Wildman–Crippen MR) is 70.8 cm³/mol. The molecular weight excluding hydrogens is 312 g/mol. The molecule has 5 heteroatoms. The van der Waals surface area contributed by atoms with Gasteiger partial charge in [0.15, 0.2) is 11.6 Å². The zero-order valence-electron chi connectivity index (χ0n) is 9.48. The maximum atomic E-state index is 12.3. The Kier molecular flexibility index (Phi) is 2.46. The Morgan fingerprint density at radius 1 is 0.789 bits per heavy atom. The Morgan fingerprint density at radius 2 is 1.32 bits per heavy atom. The van der Waals surface area contributed by atoms with Crippen LogP contribution in [0.5, 0.6) is 11.5 Å². The van der Waals surface area contributed by atoms with Gasteiger partial charge in [0, 0.05) is 15.6 Å². The van der Waals surface area contributed by atoms with Gasteiger partial charge in [-0.1, -0.05) is 15.9 Å². The van der Waals surface area contributed by atoms with E-state index in [1.54, 1.807) is 6.07 Å². The fourth-order valence-electron chi connectivity index (χ4n) is 2.21. The van der Waals surface area contributed by atoms with Crippen LogP contribution in [0.15, 0.2) is 34.8 Å². The van der Waals surface area contributed by atoms with Crippen molar-refractivity contribution in [3.63, 3.8) is 0 Å². The normalized spacial score (nSPS) is 13.1. The Bertz CT molecular complexity index is 749. The third-order valence-corrected chi connectivity index (χ3v) is 3.58. The molecular formula is C14H7BrO4. The lowest BCUT2D eigenvalue weighted by atomic mass is 9.83. The van der Waals surface area contributed by atoms with Crippen LogP contribution < -0.4 is 0 Å². The number of ketones is 2. The van der Waals surface area contributed by atoms with Gasteiger partial charge in [-0.05, 0) is 30.3 Å². The zero-order valence-corrected chi connectivity index (χ0v) is 11.1. The molecule has 1 aliphatic rings. The van der Waals surface area contributed by atoms with Gasteiger partial charge in [0.05, 0.1) is 11.1 Å². The van der Waals surface area contributed by atoms with Gasteiger partial charge in [0.2, 0.25) is 0 Å². The first-order valence-electron chi connectivity index (χ1n) is 5.44. The molecule has 0 unspecified atom stereocenters. The largest absolute Gasteiger partial charge is 0.507 e. The van der Waals surface area contributed by atoms with E-state index in [1.807, 2.05) is 0 Å². The first kappa shape index (κ1) is 11.9. The van der Waals surface area contributed by atoms with Crippen LogP contribution in [0.2, 0.25) is 0 Å². The van der Waals surface area contributed by atoms with Crippen LogP contribution in [-0.4, -0.2) is 21.8 Å². The lowest BCUT2D eigenvalue weighted by molar-refractivity contribution is 0.0974. The SMILES string of the molecule is O=C1c2ccc(Br)cc2C(=O)c2c(O)ccc(O)c21. The summed E-state index contributed by atoms with van der Waals surface area (Å²) in [6.45, 7) is 0. The molecule has 0 spiro atoms. The van der Waals surface area contributed by atoms with Gasteiger partial charge in [0.25, 0.3) is 0 Å². The van der Waals surface area contributed by atoms with Crippen LogP contribution >= 0.6 is 15.9 Å². The van der Waals surface area contributed by atoms with Crippen LogP contribution in [0, 0.1) is 0 Å². The second-order valence-electron chi connectivity index (χ2n) is 4.20. The van der Waals surface area contributed by atoms with Crippen LogP contribution in [0.4, 0.5) is 0 Å². The molecule has 3 rings (SSSR count). The third-order valence-electron chi connectivity index (χ3n) is 3.09. The molecule has 0 radical (unpaired) electrons. The maximum absolute atomic E-state index is 12.3. The lowest BCUT2D eigenvalue weighted by Gasteiger charge is -2.19. The van der Waals surface area contributed by atoms with Gasteiger partial charge in [-0.25, -0.2) is 0 Å². The van der Waals surface area contributed by atoms with E-state index in [2.05, 4.69) is 15.9 Å². The summed E-state index contributed by atoms with van der Waals surface area (Å²) in [5, 5.41) is 19.5. The van der Waals surface area contributed by atoms with E-state index in [-0.39, 0.29) is 33.8 Å². The minimum atomic E-state index is -0.473. The average Bonchev–Trinajstić information content (AvgIpc) is 2.38. The van der Waals surface area contributed by atoms with Crippen molar-refractivity contribution < 1.29 is 19.8 Å². The van der Waals surface area contributed by atoms with Gasteiger partial charge in [0.1, 0.15) is 11.5 Å². The molecule has 19 heavy (non-hydrogen) atoms. The number of aromatic hydroxyl groups is 2. The summed E-state index contributed by atoms with van der Waals surface area (Å²) < 4.78 is 0.662. The molecule has 0 atom stereocenters. The van der Waals surface area contributed by atoms with Crippen molar-refractivity contribution in [3.05, 3.63) is 57.1 Å². The molecule has 0 fully saturated rings. The van der Waals surface area contributed by atoms with Crippen molar-refractivity contribution in [2.45, 2.75) is 0 Å². The van der Waals surface area contributed by atoms with Crippen LogP contribution in [0.3, 0.4) is 0 Å². The van der Waals surface area contributed by atoms with Gasteiger partial charge >= 0.3 is 0 Å². The molecule has 0 bridgehead atoms. The molecule has 0 heterocycles. The van der Waals surface area contributed by atoms with E-state index in [1.165, 1.54) is 24.3 Å². The first-order chi connectivity index (χ1) is 9.00. The molecule has 1 aliphatic carbocycles. The number of fused-ring (bicyclic) bond motifs is 2. The molecule has 0 amide bonds. The summed E-state index contributed by atoms with van der Waals surface area (Å²) in [5.41, 5.74) is 0.157. The molecule has 94 valence electrons. The Labute approximate surface area is 116 Å². The lowest BCUT2D eigenvalue weighted by Crippen LogP contribution is -2.21. The van der Waals surface area contributed by atoms with E-state index in [4.69, 9.17) is 0 Å². The van der Waals surface area contributed by atoms with E-state index >= 15 is 0 Å². The molecule has 4 nitrogen and oxygen atoms in total. The number of carbonyl (C=O) groups is 2. The Hall–Kier alpha value is -2.14. The summed E-state index contributed by atoms with van der Waals surface area (Å²) in [6.07, 6.45) is 0. The second kappa shape index (κ2) is 3.93. The van der Waals surface area contributed by atoms with Crippen molar-refractivity contribution in [2.24, 2.45) is 0 Å². The van der Waals surface area contributed by atoms with E-state index in [0.717, 1.165) is 0 Å². The monoisotopic (exact) mass is 318 g/mol. The maximum Gasteiger partial charge on any atom is 0.198 e. The van der Waals surface area contributed by atoms with E-state index in [0.29, 0.717) is 4.47 Å². The smallest absolute Gasteiger partial charge is 0.198 e. The molecule has 0 aliphatic heterocycles. The summed E-state index contributed by atoms with van der Waals surface area (Å²) in [5.74, 6) is -1.55. The standard InChI is InChI=1S/C14H7BrO4/c15-6-1-2-7-8(5-6)14(19)12-10(17)4-3-9(16)11(12)13(7)18/h1-5,16-17H. The van der Waals surface area contributed by atoms with E-state index < -0.39 is 11.6 Å². The number of halogens is 1. The number of rotatable bonds is 0.